The summed E-state index contributed by atoms with van der Waals surface area (Å²) in [5.74, 6) is 6.14. The molecule has 0 bridgehead atoms. The van der Waals surface area contributed by atoms with E-state index in [-0.39, 0.29) is 5.41 Å². The van der Waals surface area contributed by atoms with Crippen LogP contribution in [0, 0.1) is 33.5 Å². The van der Waals surface area contributed by atoms with Gasteiger partial charge in [0, 0.05) is 17.1 Å². The molecule has 1 aromatic carbocycles. The van der Waals surface area contributed by atoms with Crippen molar-refractivity contribution in [2.75, 3.05) is 11.5 Å². The van der Waals surface area contributed by atoms with Gasteiger partial charge in [0.15, 0.2) is 0 Å². The zero-order chi connectivity index (χ0) is 30.4. The smallest absolute Gasteiger partial charge is 0.123 e. The Balaban J connectivity index is 2.89. The van der Waals surface area contributed by atoms with E-state index in [1.165, 1.54) is 31.2 Å². The lowest BCUT2D eigenvalue weighted by Gasteiger charge is -2.31. The first kappa shape index (κ1) is 36.7. The second-order valence-corrected chi connectivity index (χ2v) is 19.8. The topological polar surface area (TPSA) is 20.2 Å². The molecule has 0 aromatic heterocycles. The molecule has 3 heteroatoms. The van der Waals surface area contributed by atoms with E-state index in [0.29, 0.717) is 27.4 Å². The second-order valence-electron chi connectivity index (χ2n) is 17.9. The van der Waals surface area contributed by atoms with Gasteiger partial charge in [-0.05, 0) is 87.2 Å². The van der Waals surface area contributed by atoms with Gasteiger partial charge in [0.05, 0.1) is 0 Å². The fourth-order valence-corrected chi connectivity index (χ4v) is 9.04. The molecule has 0 aliphatic rings. The van der Waals surface area contributed by atoms with Gasteiger partial charge in [-0.25, -0.2) is 0 Å². The molecule has 0 aliphatic carbocycles. The summed E-state index contributed by atoms with van der Waals surface area (Å²) in [4.78, 5) is 0. The van der Waals surface area contributed by atoms with Crippen molar-refractivity contribution < 1.29 is 5.11 Å². The molecule has 0 spiro atoms. The SMILES string of the molecule is CC(CC(C)(C)C)CC(C)(C)CSCc1cc(CSCC(C)(C)CC(C)CC(C)(C)C)c(O)c(C(C)(C)C)c1. The summed E-state index contributed by atoms with van der Waals surface area (Å²) in [7, 11) is 0. The molecule has 1 nitrogen and oxygen atoms in total. The maximum Gasteiger partial charge on any atom is 0.123 e. The van der Waals surface area contributed by atoms with E-state index in [1.54, 1.807) is 0 Å². The summed E-state index contributed by atoms with van der Waals surface area (Å²) >= 11 is 4.05. The number of thioether (sulfide) groups is 2. The minimum absolute atomic E-state index is 0.0759. The molecule has 1 rings (SSSR count). The number of phenolic OH excluding ortho intramolecular Hbond substituents is 1. The number of rotatable bonds is 14. The molecule has 228 valence electrons. The highest BCUT2D eigenvalue weighted by Gasteiger charge is 2.27. The van der Waals surface area contributed by atoms with E-state index in [1.807, 2.05) is 11.8 Å². The van der Waals surface area contributed by atoms with Crippen molar-refractivity contribution >= 4 is 23.5 Å². The number of phenols is 1. The fourth-order valence-electron chi connectivity index (χ4n) is 6.65. The Morgan fingerprint density at radius 1 is 0.615 bits per heavy atom. The van der Waals surface area contributed by atoms with Crippen LogP contribution < -0.4 is 0 Å². The van der Waals surface area contributed by atoms with E-state index >= 15 is 0 Å². The Bertz CT molecular complexity index is 877. The molecule has 2 unspecified atom stereocenters. The van der Waals surface area contributed by atoms with Crippen LogP contribution >= 0.6 is 23.5 Å². The van der Waals surface area contributed by atoms with Gasteiger partial charge >= 0.3 is 0 Å². The molecule has 0 saturated carbocycles. The van der Waals surface area contributed by atoms with Crippen LogP contribution in [0.25, 0.3) is 0 Å². The van der Waals surface area contributed by atoms with Crippen LogP contribution in [0.2, 0.25) is 0 Å². The largest absolute Gasteiger partial charge is 0.507 e. The number of hydrogen-bond acceptors (Lipinski definition) is 3. The van der Waals surface area contributed by atoms with Gasteiger partial charge in [-0.2, -0.15) is 23.5 Å². The van der Waals surface area contributed by atoms with Crippen molar-refractivity contribution in [1.82, 2.24) is 0 Å². The van der Waals surface area contributed by atoms with E-state index in [4.69, 9.17) is 0 Å². The molecule has 0 amide bonds. The predicted molar refractivity (Wildman–Crippen MR) is 182 cm³/mol. The van der Waals surface area contributed by atoms with Crippen molar-refractivity contribution in [3.63, 3.8) is 0 Å². The van der Waals surface area contributed by atoms with Gasteiger partial charge in [0.2, 0.25) is 0 Å². The quantitative estimate of drug-likeness (QED) is 0.237. The minimum atomic E-state index is -0.0759. The first-order valence-electron chi connectivity index (χ1n) is 15.4. The molecule has 39 heavy (non-hydrogen) atoms. The molecular formula is C36H66OS2. The maximum absolute atomic E-state index is 11.3. The van der Waals surface area contributed by atoms with Gasteiger partial charge in [0.25, 0.3) is 0 Å². The van der Waals surface area contributed by atoms with Crippen molar-refractivity contribution in [2.45, 2.75) is 146 Å². The molecule has 0 saturated heterocycles. The Labute approximate surface area is 253 Å². The average Bonchev–Trinajstić information content (AvgIpc) is 2.64. The van der Waals surface area contributed by atoms with Gasteiger partial charge < -0.3 is 5.11 Å². The first-order chi connectivity index (χ1) is 17.4. The van der Waals surface area contributed by atoms with Crippen LogP contribution in [0.5, 0.6) is 5.75 Å². The maximum atomic E-state index is 11.3. The zero-order valence-electron chi connectivity index (χ0n) is 28.7. The lowest BCUT2D eigenvalue weighted by Crippen LogP contribution is -2.21. The first-order valence-corrected chi connectivity index (χ1v) is 17.7. The van der Waals surface area contributed by atoms with E-state index in [9.17, 15) is 5.11 Å². The summed E-state index contributed by atoms with van der Waals surface area (Å²) in [6, 6.07) is 4.55. The highest BCUT2D eigenvalue weighted by atomic mass is 32.2. The van der Waals surface area contributed by atoms with Gasteiger partial charge in [-0.15, -0.1) is 0 Å². The predicted octanol–water partition coefficient (Wildman–Crippen LogP) is 12.1. The highest BCUT2D eigenvalue weighted by molar-refractivity contribution is 7.98. The summed E-state index contributed by atoms with van der Waals surface area (Å²) in [6.07, 6.45) is 5.06. The van der Waals surface area contributed by atoms with Crippen LogP contribution in [-0.2, 0) is 16.9 Å². The lowest BCUT2D eigenvalue weighted by atomic mass is 9.77. The van der Waals surface area contributed by atoms with E-state index in [0.717, 1.165) is 46.0 Å². The molecule has 2 atom stereocenters. The van der Waals surface area contributed by atoms with Crippen LogP contribution in [0.3, 0.4) is 0 Å². The third kappa shape index (κ3) is 15.5. The van der Waals surface area contributed by atoms with Crippen molar-refractivity contribution in [3.8, 4) is 5.75 Å². The highest BCUT2D eigenvalue weighted by Crippen LogP contribution is 2.40. The Kier molecular flexibility index (Phi) is 13.4. The molecule has 0 heterocycles. The van der Waals surface area contributed by atoms with Crippen LogP contribution in [0.15, 0.2) is 12.1 Å². The minimum Gasteiger partial charge on any atom is -0.507 e. The van der Waals surface area contributed by atoms with Crippen LogP contribution in [-0.4, -0.2) is 16.6 Å². The third-order valence-corrected chi connectivity index (χ3v) is 10.3. The monoisotopic (exact) mass is 578 g/mol. The van der Waals surface area contributed by atoms with Gasteiger partial charge in [-0.3, -0.25) is 0 Å². The standard InChI is InChI=1S/C36H66OS2/c1-26(18-32(3,4)5)20-35(12,13)24-38-22-28-16-29(31(37)30(17-28)34(9,10)11)23-39-25-36(14,15)21-27(2)19-33(6,7)8/h16-17,26-27,37H,18-25H2,1-15H3. The van der Waals surface area contributed by atoms with Crippen LogP contribution in [0.4, 0.5) is 0 Å². The third-order valence-electron chi connectivity index (χ3n) is 7.29. The zero-order valence-corrected chi connectivity index (χ0v) is 30.4. The Morgan fingerprint density at radius 3 is 1.41 bits per heavy atom. The van der Waals surface area contributed by atoms with Gasteiger partial charge in [0.1, 0.15) is 5.75 Å². The summed E-state index contributed by atoms with van der Waals surface area (Å²) in [5, 5.41) is 11.3. The molecule has 1 N–H and O–H groups in total. The number of hydrogen-bond donors (Lipinski definition) is 1. The lowest BCUT2D eigenvalue weighted by molar-refractivity contribution is 0.236. The fraction of sp³-hybridized carbons (Fsp3) is 0.833. The van der Waals surface area contributed by atoms with Gasteiger partial charge in [-0.1, -0.05) is 116 Å². The van der Waals surface area contributed by atoms with E-state index < -0.39 is 0 Å². The van der Waals surface area contributed by atoms with Crippen molar-refractivity contribution in [3.05, 3.63) is 28.8 Å². The summed E-state index contributed by atoms with van der Waals surface area (Å²) in [5.41, 5.74) is 4.88. The normalized spacial score (nSPS) is 15.5. The molecule has 1 aromatic rings. The molecular weight excluding hydrogens is 513 g/mol. The Morgan fingerprint density at radius 2 is 1.03 bits per heavy atom. The average molecular weight is 579 g/mol. The van der Waals surface area contributed by atoms with Crippen molar-refractivity contribution in [2.24, 2.45) is 33.5 Å². The van der Waals surface area contributed by atoms with Crippen molar-refractivity contribution in [1.29, 1.82) is 0 Å². The molecule has 0 radical (unpaired) electrons. The summed E-state index contributed by atoms with van der Waals surface area (Å²) < 4.78 is 0. The van der Waals surface area contributed by atoms with Crippen LogP contribution in [0.1, 0.15) is 146 Å². The molecule has 0 aliphatic heterocycles. The van der Waals surface area contributed by atoms with E-state index in [2.05, 4.69) is 128 Å². The molecule has 0 fully saturated rings. The summed E-state index contributed by atoms with van der Waals surface area (Å²) in [6.45, 7) is 35.3. The number of aromatic hydroxyl groups is 1. The number of benzene rings is 1. The Hall–Kier alpha value is -0.280. The second kappa shape index (κ2) is 14.3.